The Morgan fingerprint density at radius 2 is 2.29 bits per heavy atom. The van der Waals surface area contributed by atoms with E-state index in [9.17, 15) is 0 Å². The van der Waals surface area contributed by atoms with Crippen molar-refractivity contribution in [1.29, 1.82) is 0 Å². The Hall–Kier alpha value is -0.380. The summed E-state index contributed by atoms with van der Waals surface area (Å²) in [5, 5.41) is 16.7. The van der Waals surface area contributed by atoms with Crippen molar-refractivity contribution in [2.45, 2.75) is 38.8 Å². The Morgan fingerprint density at radius 3 is 2.79 bits per heavy atom. The van der Waals surface area contributed by atoms with Gasteiger partial charge in [0.2, 0.25) is 0 Å². The van der Waals surface area contributed by atoms with E-state index in [-0.39, 0.29) is 6.61 Å². The first-order valence-electron chi connectivity index (χ1n) is 5.10. The molecule has 2 nitrogen and oxygen atoms in total. The fraction of sp³-hybridized carbons (Fsp3) is 0.636. The van der Waals surface area contributed by atoms with Crippen LogP contribution in [-0.2, 0) is 6.42 Å². The van der Waals surface area contributed by atoms with Crippen LogP contribution in [0, 0.1) is 0 Å². The summed E-state index contributed by atoms with van der Waals surface area (Å²) in [5.41, 5.74) is 1.36. The van der Waals surface area contributed by atoms with Crippen molar-refractivity contribution in [3.63, 3.8) is 0 Å². The molecule has 1 rings (SSSR count). The Kier molecular flexibility index (Phi) is 5.15. The van der Waals surface area contributed by atoms with Crippen molar-refractivity contribution in [2.75, 3.05) is 6.61 Å². The van der Waals surface area contributed by atoms with Gasteiger partial charge in [0.25, 0.3) is 0 Å². The van der Waals surface area contributed by atoms with Crippen molar-refractivity contribution in [2.24, 2.45) is 0 Å². The lowest BCUT2D eigenvalue weighted by molar-refractivity contribution is 0.260. The van der Waals surface area contributed by atoms with Gasteiger partial charge in [-0.1, -0.05) is 13.8 Å². The van der Waals surface area contributed by atoms with Crippen LogP contribution in [0.25, 0.3) is 0 Å². The van der Waals surface area contributed by atoms with Crippen LogP contribution in [0.4, 0.5) is 0 Å². The zero-order valence-electron chi connectivity index (χ0n) is 8.86. The highest BCUT2D eigenvalue weighted by Gasteiger charge is 2.10. The standard InChI is InChI=1S/C11H19NOS/c1-9(2)12-11(3-5-13)7-10-4-6-14-8-10/h4,6,8-9,11-13H,3,5,7H2,1-2H3. The van der Waals surface area contributed by atoms with Gasteiger partial charge < -0.3 is 10.4 Å². The summed E-state index contributed by atoms with van der Waals surface area (Å²) in [6.07, 6.45) is 1.84. The first kappa shape index (κ1) is 11.7. The topological polar surface area (TPSA) is 32.3 Å². The molecule has 1 atom stereocenters. The molecule has 14 heavy (non-hydrogen) atoms. The number of nitrogens with one attached hydrogen (secondary N) is 1. The van der Waals surface area contributed by atoms with Gasteiger partial charge in [0, 0.05) is 18.7 Å². The molecular formula is C11H19NOS. The van der Waals surface area contributed by atoms with Crippen LogP contribution >= 0.6 is 11.3 Å². The van der Waals surface area contributed by atoms with Gasteiger partial charge in [0.05, 0.1) is 0 Å². The molecule has 0 aliphatic heterocycles. The van der Waals surface area contributed by atoms with Crippen LogP contribution in [0.2, 0.25) is 0 Å². The zero-order chi connectivity index (χ0) is 10.4. The minimum Gasteiger partial charge on any atom is -0.396 e. The van der Waals surface area contributed by atoms with E-state index in [2.05, 4.69) is 36.0 Å². The van der Waals surface area contributed by atoms with E-state index in [1.807, 2.05) is 0 Å². The van der Waals surface area contributed by atoms with E-state index in [1.165, 1.54) is 5.56 Å². The number of rotatable bonds is 6. The Bertz CT molecular complexity index is 233. The number of hydrogen-bond donors (Lipinski definition) is 2. The lowest BCUT2D eigenvalue weighted by Crippen LogP contribution is -2.37. The summed E-state index contributed by atoms with van der Waals surface area (Å²) in [7, 11) is 0. The number of aliphatic hydroxyl groups is 1. The first-order valence-corrected chi connectivity index (χ1v) is 6.04. The van der Waals surface area contributed by atoms with Crippen molar-refractivity contribution < 1.29 is 5.11 Å². The highest BCUT2D eigenvalue weighted by molar-refractivity contribution is 7.07. The fourth-order valence-electron chi connectivity index (χ4n) is 1.56. The summed E-state index contributed by atoms with van der Waals surface area (Å²) >= 11 is 1.73. The second kappa shape index (κ2) is 6.17. The van der Waals surface area contributed by atoms with Gasteiger partial charge in [0.15, 0.2) is 0 Å². The summed E-state index contributed by atoms with van der Waals surface area (Å²) in [6, 6.07) is 3.02. The average Bonchev–Trinajstić information content (AvgIpc) is 2.56. The van der Waals surface area contributed by atoms with Gasteiger partial charge in [-0.15, -0.1) is 0 Å². The molecular weight excluding hydrogens is 194 g/mol. The predicted molar refractivity (Wildman–Crippen MR) is 61.8 cm³/mol. The van der Waals surface area contributed by atoms with Crippen LogP contribution in [0.3, 0.4) is 0 Å². The van der Waals surface area contributed by atoms with Gasteiger partial charge in [-0.05, 0) is 35.2 Å². The molecule has 0 spiro atoms. The predicted octanol–water partition coefficient (Wildman–Crippen LogP) is 2.04. The van der Waals surface area contributed by atoms with Gasteiger partial charge in [-0.25, -0.2) is 0 Å². The third-order valence-electron chi connectivity index (χ3n) is 2.11. The van der Waals surface area contributed by atoms with Crippen molar-refractivity contribution in [1.82, 2.24) is 5.32 Å². The van der Waals surface area contributed by atoms with Gasteiger partial charge >= 0.3 is 0 Å². The van der Waals surface area contributed by atoms with E-state index in [4.69, 9.17) is 5.11 Å². The normalized spacial score (nSPS) is 13.4. The Morgan fingerprint density at radius 1 is 1.50 bits per heavy atom. The molecule has 0 aromatic carbocycles. The summed E-state index contributed by atoms with van der Waals surface area (Å²) in [6.45, 7) is 4.53. The molecule has 1 unspecified atom stereocenters. The van der Waals surface area contributed by atoms with Crippen LogP contribution in [0.1, 0.15) is 25.8 Å². The SMILES string of the molecule is CC(C)NC(CCO)Cc1ccsc1. The van der Waals surface area contributed by atoms with E-state index in [0.717, 1.165) is 12.8 Å². The smallest absolute Gasteiger partial charge is 0.0445 e. The summed E-state index contributed by atoms with van der Waals surface area (Å²) in [5.74, 6) is 0. The molecule has 0 aliphatic carbocycles. The van der Waals surface area contributed by atoms with E-state index >= 15 is 0 Å². The summed E-state index contributed by atoms with van der Waals surface area (Å²) in [4.78, 5) is 0. The van der Waals surface area contributed by atoms with Crippen LogP contribution < -0.4 is 5.32 Å². The van der Waals surface area contributed by atoms with Gasteiger partial charge in [0.1, 0.15) is 0 Å². The van der Waals surface area contributed by atoms with Gasteiger partial charge in [-0.3, -0.25) is 0 Å². The molecule has 0 radical (unpaired) electrons. The number of thiophene rings is 1. The molecule has 1 aromatic heterocycles. The molecule has 0 aliphatic rings. The lowest BCUT2D eigenvalue weighted by atomic mass is 10.1. The second-order valence-electron chi connectivity index (χ2n) is 3.87. The lowest BCUT2D eigenvalue weighted by Gasteiger charge is -2.19. The highest BCUT2D eigenvalue weighted by atomic mass is 32.1. The van der Waals surface area contributed by atoms with Crippen LogP contribution in [0.15, 0.2) is 16.8 Å². The molecule has 3 heteroatoms. The van der Waals surface area contributed by atoms with Crippen molar-refractivity contribution in [3.05, 3.63) is 22.4 Å². The monoisotopic (exact) mass is 213 g/mol. The highest BCUT2D eigenvalue weighted by Crippen LogP contribution is 2.10. The Labute approximate surface area is 90.0 Å². The second-order valence-corrected chi connectivity index (χ2v) is 4.65. The zero-order valence-corrected chi connectivity index (χ0v) is 9.68. The fourth-order valence-corrected chi connectivity index (χ4v) is 2.25. The van der Waals surface area contributed by atoms with Gasteiger partial charge in [-0.2, -0.15) is 11.3 Å². The van der Waals surface area contributed by atoms with E-state index in [0.29, 0.717) is 12.1 Å². The molecule has 1 aromatic rings. The maximum atomic E-state index is 8.94. The maximum absolute atomic E-state index is 8.94. The number of aliphatic hydroxyl groups excluding tert-OH is 1. The largest absolute Gasteiger partial charge is 0.396 e. The van der Waals surface area contributed by atoms with Crippen LogP contribution in [0.5, 0.6) is 0 Å². The average molecular weight is 213 g/mol. The Balaban J connectivity index is 2.42. The molecule has 0 saturated heterocycles. The van der Waals surface area contributed by atoms with E-state index < -0.39 is 0 Å². The molecule has 1 heterocycles. The maximum Gasteiger partial charge on any atom is 0.0445 e. The summed E-state index contributed by atoms with van der Waals surface area (Å²) < 4.78 is 0. The third-order valence-corrected chi connectivity index (χ3v) is 2.84. The van der Waals surface area contributed by atoms with E-state index in [1.54, 1.807) is 11.3 Å². The molecule has 0 bridgehead atoms. The molecule has 2 N–H and O–H groups in total. The minimum absolute atomic E-state index is 0.258. The molecule has 0 fully saturated rings. The van der Waals surface area contributed by atoms with Crippen molar-refractivity contribution >= 4 is 11.3 Å². The van der Waals surface area contributed by atoms with Crippen molar-refractivity contribution in [3.8, 4) is 0 Å². The molecule has 0 amide bonds. The quantitative estimate of drug-likeness (QED) is 0.758. The molecule has 80 valence electrons. The third kappa shape index (κ3) is 4.22. The minimum atomic E-state index is 0.258. The molecule has 0 saturated carbocycles. The number of hydrogen-bond acceptors (Lipinski definition) is 3. The van der Waals surface area contributed by atoms with Crippen LogP contribution in [-0.4, -0.2) is 23.8 Å². The first-order chi connectivity index (χ1) is 6.72.